The maximum Gasteiger partial charge on any atom is 0.313 e. The summed E-state index contributed by atoms with van der Waals surface area (Å²) in [4.78, 5) is 38.7. The summed E-state index contributed by atoms with van der Waals surface area (Å²) in [6.45, 7) is 11.0. The van der Waals surface area contributed by atoms with Gasteiger partial charge in [-0.3, -0.25) is 14.6 Å². The van der Waals surface area contributed by atoms with Gasteiger partial charge in [-0.05, 0) is 67.1 Å². The van der Waals surface area contributed by atoms with Crippen LogP contribution in [0.25, 0.3) is 10.8 Å². The van der Waals surface area contributed by atoms with Crippen LogP contribution >= 0.6 is 0 Å². The maximum absolute atomic E-state index is 13.1. The Hall–Kier alpha value is -5.01. The van der Waals surface area contributed by atoms with E-state index in [2.05, 4.69) is 31.9 Å². The van der Waals surface area contributed by atoms with Crippen LogP contribution in [0.3, 0.4) is 0 Å². The lowest BCUT2D eigenvalue weighted by Gasteiger charge is -2.35. The van der Waals surface area contributed by atoms with Crippen LogP contribution in [0.5, 0.6) is 17.2 Å². The standard InChI is InChI=1S/C37H46N8O5/c1-4-42-15-17-43(18-16-42)14-5-23-50-34-26-31-30(25-33(34)49-3)32(24-27-10-12-38-13-11-27)40-41-35(31)44-19-21-45(22-20-44)37(47)36(46)39-28-6-8-29(48-2)9-7-28/h6-13,25-26H,4-5,14-24H2,1-3H3,(H,39,46). The molecule has 13 heteroatoms. The summed E-state index contributed by atoms with van der Waals surface area (Å²) in [5, 5.41) is 13.9. The smallest absolute Gasteiger partial charge is 0.313 e. The van der Waals surface area contributed by atoms with Crippen LogP contribution in [-0.4, -0.2) is 128 Å². The average molecular weight is 683 g/mol. The Morgan fingerprint density at radius 1 is 0.800 bits per heavy atom. The number of ether oxygens (including phenoxy) is 3. The summed E-state index contributed by atoms with van der Waals surface area (Å²) >= 11 is 0. The predicted molar refractivity (Wildman–Crippen MR) is 192 cm³/mol. The summed E-state index contributed by atoms with van der Waals surface area (Å²) in [5.41, 5.74) is 2.41. The number of piperazine rings is 2. The number of benzene rings is 2. The van der Waals surface area contributed by atoms with Gasteiger partial charge in [-0.1, -0.05) is 6.92 Å². The minimum absolute atomic E-state index is 0.364. The number of carbonyl (C=O) groups excluding carboxylic acids is 2. The van der Waals surface area contributed by atoms with Gasteiger partial charge in [0.05, 0.1) is 26.5 Å². The molecule has 0 aliphatic carbocycles. The molecule has 13 nitrogen and oxygen atoms in total. The number of carbonyl (C=O) groups is 2. The largest absolute Gasteiger partial charge is 0.497 e. The highest BCUT2D eigenvalue weighted by Crippen LogP contribution is 2.38. The number of amides is 2. The van der Waals surface area contributed by atoms with Gasteiger partial charge in [0, 0.05) is 94.2 Å². The molecule has 0 radical (unpaired) electrons. The first-order valence-electron chi connectivity index (χ1n) is 17.3. The molecule has 0 unspecified atom stereocenters. The van der Waals surface area contributed by atoms with Gasteiger partial charge in [-0.15, -0.1) is 5.10 Å². The maximum atomic E-state index is 13.1. The highest BCUT2D eigenvalue weighted by Gasteiger charge is 2.28. The Bertz CT molecular complexity index is 1740. The predicted octanol–water partition coefficient (Wildman–Crippen LogP) is 3.33. The Labute approximate surface area is 293 Å². The molecule has 2 aliphatic rings. The molecule has 2 aliphatic heterocycles. The third-order valence-corrected chi connectivity index (χ3v) is 9.44. The van der Waals surface area contributed by atoms with Gasteiger partial charge < -0.3 is 39.1 Å². The molecule has 2 aromatic heterocycles. The molecule has 2 saturated heterocycles. The second kappa shape index (κ2) is 16.6. The molecule has 2 amide bonds. The fraction of sp³-hybridized carbons (Fsp3) is 0.432. The van der Waals surface area contributed by atoms with Gasteiger partial charge in [0.15, 0.2) is 17.3 Å². The molecule has 1 N–H and O–H groups in total. The molecule has 0 bridgehead atoms. The van der Waals surface area contributed by atoms with Crippen LogP contribution in [0.4, 0.5) is 11.5 Å². The Kier molecular flexibility index (Phi) is 11.6. The van der Waals surface area contributed by atoms with Crippen LogP contribution in [0.2, 0.25) is 0 Å². The van der Waals surface area contributed by atoms with Crippen molar-refractivity contribution in [2.24, 2.45) is 0 Å². The van der Waals surface area contributed by atoms with E-state index in [0.717, 1.165) is 67.7 Å². The molecule has 2 aromatic carbocycles. The Balaban J connectivity index is 1.17. The van der Waals surface area contributed by atoms with Gasteiger partial charge in [0.2, 0.25) is 0 Å². The van der Waals surface area contributed by atoms with Crippen molar-refractivity contribution in [1.29, 1.82) is 0 Å². The van der Waals surface area contributed by atoms with Gasteiger partial charge in [0.1, 0.15) is 5.75 Å². The van der Waals surface area contributed by atoms with E-state index in [0.29, 0.717) is 68.0 Å². The van der Waals surface area contributed by atoms with Crippen molar-refractivity contribution >= 4 is 34.1 Å². The topological polar surface area (TPSA) is 125 Å². The number of methoxy groups -OCH3 is 2. The molecule has 50 heavy (non-hydrogen) atoms. The molecule has 4 heterocycles. The lowest BCUT2D eigenvalue weighted by Crippen LogP contribution is -2.51. The van der Waals surface area contributed by atoms with E-state index in [1.165, 1.54) is 0 Å². The average Bonchev–Trinajstić information content (AvgIpc) is 3.17. The minimum atomic E-state index is -0.675. The zero-order chi connectivity index (χ0) is 34.9. The van der Waals surface area contributed by atoms with E-state index < -0.39 is 11.8 Å². The number of likely N-dealkylation sites (N-methyl/N-ethyl adjacent to an activating group) is 1. The van der Waals surface area contributed by atoms with Crippen LogP contribution < -0.4 is 24.4 Å². The number of aromatic nitrogens is 3. The summed E-state index contributed by atoms with van der Waals surface area (Å²) < 4.78 is 17.4. The lowest BCUT2D eigenvalue weighted by molar-refractivity contribution is -0.143. The quantitative estimate of drug-likeness (QED) is 0.175. The Morgan fingerprint density at radius 3 is 2.18 bits per heavy atom. The molecule has 4 aromatic rings. The zero-order valence-corrected chi connectivity index (χ0v) is 29.1. The molecule has 264 valence electrons. The lowest BCUT2D eigenvalue weighted by atomic mass is 10.0. The van der Waals surface area contributed by atoms with E-state index >= 15 is 0 Å². The van der Waals surface area contributed by atoms with Crippen molar-refractivity contribution in [2.45, 2.75) is 19.8 Å². The second-order valence-electron chi connectivity index (χ2n) is 12.5. The fourth-order valence-corrected chi connectivity index (χ4v) is 6.45. The van der Waals surface area contributed by atoms with Crippen molar-refractivity contribution in [3.63, 3.8) is 0 Å². The number of hydrogen-bond acceptors (Lipinski definition) is 11. The van der Waals surface area contributed by atoms with E-state index in [1.807, 2.05) is 24.3 Å². The fourth-order valence-electron chi connectivity index (χ4n) is 6.45. The van der Waals surface area contributed by atoms with E-state index in [1.54, 1.807) is 55.8 Å². The van der Waals surface area contributed by atoms with Crippen molar-refractivity contribution in [3.05, 3.63) is 72.2 Å². The number of hydrogen-bond donors (Lipinski definition) is 1. The molecule has 6 rings (SSSR count). The number of nitrogens with one attached hydrogen (secondary N) is 1. The summed E-state index contributed by atoms with van der Waals surface area (Å²) in [6.07, 6.45) is 5.03. The van der Waals surface area contributed by atoms with Crippen LogP contribution in [-0.2, 0) is 16.0 Å². The summed E-state index contributed by atoms with van der Waals surface area (Å²) in [5.74, 6) is 1.42. The monoisotopic (exact) mass is 682 g/mol. The van der Waals surface area contributed by atoms with Gasteiger partial charge in [-0.2, -0.15) is 5.10 Å². The molecule has 0 atom stereocenters. The Morgan fingerprint density at radius 2 is 1.50 bits per heavy atom. The number of anilines is 2. The van der Waals surface area contributed by atoms with Crippen molar-refractivity contribution in [1.82, 2.24) is 29.9 Å². The number of rotatable bonds is 12. The summed E-state index contributed by atoms with van der Waals surface area (Å²) in [6, 6.07) is 14.8. The highest BCUT2D eigenvalue weighted by atomic mass is 16.5. The third-order valence-electron chi connectivity index (χ3n) is 9.44. The van der Waals surface area contributed by atoms with Crippen LogP contribution in [0.15, 0.2) is 60.9 Å². The van der Waals surface area contributed by atoms with E-state index in [-0.39, 0.29) is 0 Å². The molecular formula is C37H46N8O5. The minimum Gasteiger partial charge on any atom is -0.497 e. The van der Waals surface area contributed by atoms with Crippen LogP contribution in [0.1, 0.15) is 24.6 Å². The zero-order valence-electron chi connectivity index (χ0n) is 29.1. The third kappa shape index (κ3) is 8.40. The van der Waals surface area contributed by atoms with Gasteiger partial charge >= 0.3 is 11.8 Å². The van der Waals surface area contributed by atoms with Crippen LogP contribution in [0, 0.1) is 0 Å². The molecular weight excluding hydrogens is 636 g/mol. The van der Waals surface area contributed by atoms with Crippen molar-refractivity contribution in [2.75, 3.05) is 96.5 Å². The van der Waals surface area contributed by atoms with E-state index in [9.17, 15) is 9.59 Å². The first-order valence-corrected chi connectivity index (χ1v) is 17.3. The molecule has 2 fully saturated rings. The molecule has 0 saturated carbocycles. The van der Waals surface area contributed by atoms with Gasteiger partial charge in [0.25, 0.3) is 0 Å². The normalized spacial score (nSPS) is 15.6. The first-order chi connectivity index (χ1) is 24.4. The highest BCUT2D eigenvalue weighted by molar-refractivity contribution is 6.39. The van der Waals surface area contributed by atoms with Gasteiger partial charge in [-0.25, -0.2) is 0 Å². The summed E-state index contributed by atoms with van der Waals surface area (Å²) in [7, 11) is 3.23. The molecule has 0 spiro atoms. The number of fused-ring (bicyclic) bond motifs is 1. The SMILES string of the molecule is CCN1CCN(CCCOc2cc3c(N4CCN(C(=O)C(=O)Nc5ccc(OC)cc5)CC4)nnc(Cc4ccncc4)c3cc2OC)CC1. The second-order valence-corrected chi connectivity index (χ2v) is 12.5. The van der Waals surface area contributed by atoms with Crippen molar-refractivity contribution < 1.29 is 23.8 Å². The van der Waals surface area contributed by atoms with Crippen molar-refractivity contribution in [3.8, 4) is 17.2 Å². The first kappa shape index (κ1) is 34.8. The number of pyridine rings is 1. The number of nitrogens with zero attached hydrogens (tertiary/aromatic N) is 7. The van der Waals surface area contributed by atoms with E-state index in [4.69, 9.17) is 24.4 Å².